The first-order chi connectivity index (χ1) is 7.63. The van der Waals surface area contributed by atoms with Crippen molar-refractivity contribution in [1.82, 2.24) is 4.31 Å². The number of hydrogen-bond acceptors (Lipinski definition) is 3. The Balaban J connectivity index is 3.20. The molecule has 17 heavy (non-hydrogen) atoms. The number of thiophene rings is 1. The monoisotopic (exact) mass is 423 g/mol. The number of hydrogen-bond donors (Lipinski definition) is 0. The summed E-state index contributed by atoms with van der Waals surface area (Å²) in [7, 11) is -1.94. The third-order valence-electron chi connectivity index (χ3n) is 2.42. The molecule has 98 valence electrons. The van der Waals surface area contributed by atoms with E-state index in [0.29, 0.717) is 14.1 Å². The Morgan fingerprint density at radius 2 is 2.06 bits per heavy atom. The Labute approximate surface area is 127 Å². The van der Waals surface area contributed by atoms with Crippen LogP contribution in [0.2, 0.25) is 5.02 Å². The summed E-state index contributed by atoms with van der Waals surface area (Å²) in [6, 6.07) is 1.46. The van der Waals surface area contributed by atoms with Gasteiger partial charge in [-0.05, 0) is 35.8 Å². The van der Waals surface area contributed by atoms with E-state index in [-0.39, 0.29) is 4.21 Å². The van der Waals surface area contributed by atoms with Gasteiger partial charge in [0, 0.05) is 17.9 Å². The van der Waals surface area contributed by atoms with Crippen LogP contribution in [0.3, 0.4) is 0 Å². The molecule has 0 aliphatic carbocycles. The molecule has 0 bridgehead atoms. The summed E-state index contributed by atoms with van der Waals surface area (Å²) in [5.74, 6) is 0. The van der Waals surface area contributed by atoms with Crippen molar-refractivity contribution in [2.24, 2.45) is 0 Å². The van der Waals surface area contributed by atoms with Crippen LogP contribution in [-0.2, 0) is 10.0 Å². The van der Waals surface area contributed by atoms with E-state index in [2.05, 4.69) is 31.9 Å². The van der Waals surface area contributed by atoms with Crippen molar-refractivity contribution in [2.45, 2.75) is 23.6 Å². The second-order valence-electron chi connectivity index (χ2n) is 4.11. The molecule has 0 aromatic carbocycles. The Bertz CT molecular complexity index is 494. The van der Waals surface area contributed by atoms with E-state index in [1.165, 1.54) is 10.4 Å². The van der Waals surface area contributed by atoms with E-state index in [1.807, 2.05) is 13.8 Å². The molecule has 0 atom stereocenters. The molecule has 1 aromatic rings. The maximum Gasteiger partial charge on any atom is 0.252 e. The number of alkyl halides is 1. The molecule has 1 rings (SSSR count). The molecule has 8 heteroatoms. The Kier molecular flexibility index (Phi) is 5.12. The highest BCUT2D eigenvalue weighted by atomic mass is 79.9. The quantitative estimate of drug-likeness (QED) is 0.685. The van der Waals surface area contributed by atoms with Crippen LogP contribution in [0.15, 0.2) is 14.1 Å². The summed E-state index contributed by atoms with van der Waals surface area (Å²) in [5, 5.41) is 0.967. The van der Waals surface area contributed by atoms with Crippen molar-refractivity contribution >= 4 is 64.8 Å². The highest BCUT2D eigenvalue weighted by Gasteiger charge is 2.34. The van der Waals surface area contributed by atoms with Gasteiger partial charge in [0.2, 0.25) is 0 Å². The Morgan fingerprint density at radius 3 is 2.41 bits per heavy atom. The third kappa shape index (κ3) is 3.25. The normalized spacial score (nSPS) is 13.4. The van der Waals surface area contributed by atoms with E-state index < -0.39 is 15.6 Å². The first kappa shape index (κ1) is 15.9. The second kappa shape index (κ2) is 5.46. The minimum atomic E-state index is -3.50. The number of halogens is 3. The largest absolute Gasteiger partial charge is 0.252 e. The second-order valence-corrected chi connectivity index (χ2v) is 9.64. The molecule has 1 heterocycles. The molecule has 0 aliphatic rings. The Hall–Kier alpha value is 0.860. The average molecular weight is 426 g/mol. The molecule has 0 radical (unpaired) electrons. The molecule has 0 spiro atoms. The van der Waals surface area contributed by atoms with Crippen molar-refractivity contribution < 1.29 is 8.42 Å². The van der Waals surface area contributed by atoms with Gasteiger partial charge in [0.15, 0.2) is 0 Å². The predicted molar refractivity (Wildman–Crippen MR) is 79.9 cm³/mol. The van der Waals surface area contributed by atoms with E-state index in [9.17, 15) is 8.42 Å². The average Bonchev–Trinajstić information content (AvgIpc) is 2.58. The zero-order chi connectivity index (χ0) is 13.4. The van der Waals surface area contributed by atoms with Gasteiger partial charge < -0.3 is 0 Å². The fourth-order valence-corrected chi connectivity index (χ4v) is 5.62. The zero-order valence-corrected chi connectivity index (χ0v) is 15.1. The lowest BCUT2D eigenvalue weighted by Crippen LogP contribution is -2.45. The first-order valence-electron chi connectivity index (χ1n) is 4.63. The highest BCUT2D eigenvalue weighted by molar-refractivity contribution is 9.11. The lowest BCUT2D eigenvalue weighted by molar-refractivity contribution is 0.300. The van der Waals surface area contributed by atoms with Gasteiger partial charge in [0.05, 0.1) is 8.81 Å². The molecular weight excluding hydrogens is 413 g/mol. The van der Waals surface area contributed by atoms with Gasteiger partial charge in [-0.1, -0.05) is 27.5 Å². The fraction of sp³-hybridized carbons (Fsp3) is 0.556. The summed E-state index contributed by atoms with van der Waals surface area (Å²) in [6.45, 7) is 3.70. The molecule has 0 saturated heterocycles. The van der Waals surface area contributed by atoms with Gasteiger partial charge in [0.1, 0.15) is 4.21 Å². The fourth-order valence-electron chi connectivity index (χ4n) is 0.998. The summed E-state index contributed by atoms with van der Waals surface area (Å²) in [4.78, 5) is 0. The summed E-state index contributed by atoms with van der Waals surface area (Å²) >= 11 is 13.5. The SMILES string of the molecule is CN(C(C)(C)CBr)S(=O)(=O)c1cc(Cl)c(Br)s1. The van der Waals surface area contributed by atoms with E-state index in [4.69, 9.17) is 11.6 Å². The smallest absolute Gasteiger partial charge is 0.206 e. The predicted octanol–water partition coefficient (Wildman–Crippen LogP) is 3.96. The Morgan fingerprint density at radius 1 is 1.53 bits per heavy atom. The van der Waals surface area contributed by atoms with Crippen molar-refractivity contribution in [3.63, 3.8) is 0 Å². The number of sulfonamides is 1. The van der Waals surface area contributed by atoms with Gasteiger partial charge in [-0.25, -0.2) is 8.42 Å². The highest BCUT2D eigenvalue weighted by Crippen LogP contribution is 2.37. The molecule has 0 N–H and O–H groups in total. The van der Waals surface area contributed by atoms with Gasteiger partial charge in [-0.2, -0.15) is 4.31 Å². The van der Waals surface area contributed by atoms with E-state index in [1.54, 1.807) is 7.05 Å². The van der Waals surface area contributed by atoms with Crippen LogP contribution >= 0.6 is 54.8 Å². The molecule has 1 aromatic heterocycles. The van der Waals surface area contributed by atoms with Gasteiger partial charge >= 0.3 is 0 Å². The molecule has 0 fully saturated rings. The maximum absolute atomic E-state index is 12.3. The molecule has 0 amide bonds. The van der Waals surface area contributed by atoms with Crippen LogP contribution in [0.1, 0.15) is 13.8 Å². The molecule has 0 unspecified atom stereocenters. The van der Waals surface area contributed by atoms with E-state index >= 15 is 0 Å². The summed E-state index contributed by atoms with van der Waals surface area (Å²) in [5.41, 5.74) is -0.498. The van der Waals surface area contributed by atoms with Crippen LogP contribution in [0, 0.1) is 0 Å². The van der Waals surface area contributed by atoms with Crippen LogP contribution in [-0.4, -0.2) is 30.6 Å². The van der Waals surface area contributed by atoms with Gasteiger partial charge in [-0.15, -0.1) is 11.3 Å². The minimum Gasteiger partial charge on any atom is -0.206 e. The van der Waals surface area contributed by atoms with Crippen molar-refractivity contribution in [3.8, 4) is 0 Å². The standard InChI is InChI=1S/C9H12Br2ClNO2S2/c1-9(2,5-10)13(3)17(14,15)7-4-6(12)8(11)16-7/h4H,5H2,1-3H3. The molecule has 3 nitrogen and oxygen atoms in total. The maximum atomic E-state index is 12.3. The zero-order valence-electron chi connectivity index (χ0n) is 9.50. The van der Waals surface area contributed by atoms with Crippen LogP contribution in [0.4, 0.5) is 0 Å². The third-order valence-corrected chi connectivity index (χ3v) is 8.78. The van der Waals surface area contributed by atoms with Crippen LogP contribution in [0.25, 0.3) is 0 Å². The summed E-state index contributed by atoms with van der Waals surface area (Å²) in [6.07, 6.45) is 0. The van der Waals surface area contributed by atoms with Crippen molar-refractivity contribution in [3.05, 3.63) is 14.9 Å². The summed E-state index contributed by atoms with van der Waals surface area (Å²) < 4.78 is 26.9. The number of nitrogens with zero attached hydrogens (tertiary/aromatic N) is 1. The lowest BCUT2D eigenvalue weighted by atomic mass is 10.1. The molecule has 0 aliphatic heterocycles. The van der Waals surface area contributed by atoms with E-state index in [0.717, 1.165) is 11.3 Å². The number of rotatable bonds is 4. The van der Waals surface area contributed by atoms with Crippen LogP contribution < -0.4 is 0 Å². The lowest BCUT2D eigenvalue weighted by Gasteiger charge is -2.32. The topological polar surface area (TPSA) is 37.4 Å². The van der Waals surface area contributed by atoms with Gasteiger partial charge in [0.25, 0.3) is 10.0 Å². The van der Waals surface area contributed by atoms with Crippen molar-refractivity contribution in [2.75, 3.05) is 12.4 Å². The molecular formula is C9H12Br2ClNO2S2. The minimum absolute atomic E-state index is 0.242. The molecule has 0 saturated carbocycles. The van der Waals surface area contributed by atoms with Crippen molar-refractivity contribution in [1.29, 1.82) is 0 Å². The first-order valence-corrected chi connectivity index (χ1v) is 9.17. The van der Waals surface area contributed by atoms with Crippen LogP contribution in [0.5, 0.6) is 0 Å². The van der Waals surface area contributed by atoms with Gasteiger partial charge in [-0.3, -0.25) is 0 Å².